The van der Waals surface area contributed by atoms with E-state index in [1.165, 1.54) is 43.9 Å². The van der Waals surface area contributed by atoms with Crippen molar-refractivity contribution in [2.75, 3.05) is 14.2 Å². The van der Waals surface area contributed by atoms with Gasteiger partial charge >= 0.3 is 5.97 Å². The molecule has 1 aliphatic rings. The molecule has 6 heteroatoms. The van der Waals surface area contributed by atoms with Gasteiger partial charge in [0.2, 0.25) is 0 Å². The molecule has 26 heavy (non-hydrogen) atoms. The molecule has 3 rings (SSSR count). The van der Waals surface area contributed by atoms with E-state index in [1.54, 1.807) is 23.5 Å². The van der Waals surface area contributed by atoms with E-state index in [9.17, 15) is 9.59 Å². The molecular weight excluding hydrogens is 350 g/mol. The summed E-state index contributed by atoms with van der Waals surface area (Å²) < 4.78 is 9.97. The number of hydrogen-bond donors (Lipinski definition) is 1. The van der Waals surface area contributed by atoms with Crippen LogP contribution < -0.4 is 10.1 Å². The van der Waals surface area contributed by atoms with Crippen LogP contribution in [-0.2, 0) is 24.1 Å². The number of methoxy groups -OCH3 is 2. The number of fused-ring (bicyclic) bond motifs is 1. The minimum atomic E-state index is -0.461. The van der Waals surface area contributed by atoms with Gasteiger partial charge in [0.05, 0.1) is 19.1 Å². The quantitative estimate of drug-likeness (QED) is 0.640. The van der Waals surface area contributed by atoms with Crippen LogP contribution in [0.2, 0.25) is 0 Å². The lowest BCUT2D eigenvalue weighted by Crippen LogP contribution is -2.22. The van der Waals surface area contributed by atoms with Crippen molar-refractivity contribution < 1.29 is 19.1 Å². The molecule has 0 aliphatic heterocycles. The summed E-state index contributed by atoms with van der Waals surface area (Å²) in [5.41, 5.74) is 2.50. The number of amides is 1. The first-order valence-electron chi connectivity index (χ1n) is 8.77. The van der Waals surface area contributed by atoms with Gasteiger partial charge in [-0.25, -0.2) is 4.79 Å². The fraction of sp³-hybridized carbons (Fsp3) is 0.400. The second-order valence-corrected chi connectivity index (χ2v) is 7.47. The standard InChI is InChI=1S/C20H23NO4S/c1-24-16-9-8-13(10-15(16)20(23)25-2)12-21-19(22)18-11-14-6-4-3-5-7-17(14)26-18/h8-11H,3-7,12H2,1-2H3,(H,21,22). The zero-order valence-electron chi connectivity index (χ0n) is 15.1. The van der Waals surface area contributed by atoms with Crippen molar-refractivity contribution in [3.8, 4) is 5.75 Å². The third kappa shape index (κ3) is 4.07. The Labute approximate surface area is 157 Å². The topological polar surface area (TPSA) is 64.6 Å². The van der Waals surface area contributed by atoms with Crippen LogP contribution in [0.25, 0.3) is 0 Å². The summed E-state index contributed by atoms with van der Waals surface area (Å²) in [6, 6.07) is 7.26. The number of carbonyl (C=O) groups is 2. The molecular formula is C20H23NO4S. The first-order valence-corrected chi connectivity index (χ1v) is 9.59. The molecule has 1 aromatic heterocycles. The molecule has 138 valence electrons. The van der Waals surface area contributed by atoms with E-state index in [0.29, 0.717) is 17.9 Å². The average molecular weight is 373 g/mol. The summed E-state index contributed by atoms with van der Waals surface area (Å²) in [6.45, 7) is 0.343. The van der Waals surface area contributed by atoms with E-state index in [-0.39, 0.29) is 5.91 Å². The molecule has 0 unspecified atom stereocenters. The SMILES string of the molecule is COC(=O)c1cc(CNC(=O)c2cc3c(s2)CCCCC3)ccc1OC. The zero-order valence-corrected chi connectivity index (χ0v) is 15.9. The number of thiophene rings is 1. The molecule has 0 atom stereocenters. The molecule has 0 saturated carbocycles. The fourth-order valence-electron chi connectivity index (χ4n) is 3.18. The summed E-state index contributed by atoms with van der Waals surface area (Å²) >= 11 is 1.60. The van der Waals surface area contributed by atoms with Gasteiger partial charge in [0.25, 0.3) is 5.91 Å². The Morgan fingerprint density at radius 1 is 1.12 bits per heavy atom. The molecule has 5 nitrogen and oxygen atoms in total. The molecule has 0 bridgehead atoms. The maximum absolute atomic E-state index is 12.5. The maximum atomic E-state index is 12.5. The van der Waals surface area contributed by atoms with Crippen LogP contribution in [0, 0.1) is 0 Å². The number of nitrogens with one attached hydrogen (secondary N) is 1. The minimum Gasteiger partial charge on any atom is -0.496 e. The number of ether oxygens (including phenoxy) is 2. The number of carbonyl (C=O) groups excluding carboxylic acids is 2. The normalized spacial score (nSPS) is 13.5. The number of benzene rings is 1. The lowest BCUT2D eigenvalue weighted by molar-refractivity contribution is 0.0597. The Hall–Kier alpha value is -2.34. The van der Waals surface area contributed by atoms with E-state index in [1.807, 2.05) is 12.1 Å². The third-order valence-electron chi connectivity index (χ3n) is 4.59. The second kappa shape index (κ2) is 8.36. The maximum Gasteiger partial charge on any atom is 0.341 e. The van der Waals surface area contributed by atoms with Gasteiger partial charge < -0.3 is 14.8 Å². The Morgan fingerprint density at radius 3 is 2.69 bits per heavy atom. The molecule has 0 spiro atoms. The molecule has 1 amide bonds. The molecule has 0 saturated heterocycles. The predicted octanol–water partition coefficient (Wildman–Crippen LogP) is 3.74. The van der Waals surface area contributed by atoms with Crippen LogP contribution in [0.15, 0.2) is 24.3 Å². The highest BCUT2D eigenvalue weighted by Crippen LogP contribution is 2.29. The molecule has 1 heterocycles. The molecule has 0 fully saturated rings. The molecule has 1 N–H and O–H groups in total. The van der Waals surface area contributed by atoms with E-state index in [0.717, 1.165) is 23.3 Å². The Kier molecular flexibility index (Phi) is 5.93. The molecule has 1 aliphatic carbocycles. The van der Waals surface area contributed by atoms with Crippen LogP contribution in [-0.4, -0.2) is 26.1 Å². The Bertz CT molecular complexity index is 789. The van der Waals surface area contributed by atoms with Crippen molar-refractivity contribution >= 4 is 23.2 Å². The van der Waals surface area contributed by atoms with Crippen LogP contribution in [0.1, 0.15) is 55.3 Å². The van der Waals surface area contributed by atoms with Crippen molar-refractivity contribution in [3.63, 3.8) is 0 Å². The highest BCUT2D eigenvalue weighted by atomic mass is 32.1. The van der Waals surface area contributed by atoms with Crippen molar-refractivity contribution in [2.24, 2.45) is 0 Å². The van der Waals surface area contributed by atoms with Gasteiger partial charge in [-0.15, -0.1) is 11.3 Å². The van der Waals surface area contributed by atoms with Gasteiger partial charge in [-0.1, -0.05) is 12.5 Å². The van der Waals surface area contributed by atoms with Gasteiger partial charge in [0.1, 0.15) is 11.3 Å². The van der Waals surface area contributed by atoms with Crippen LogP contribution in [0.4, 0.5) is 0 Å². The van der Waals surface area contributed by atoms with Crippen molar-refractivity contribution in [2.45, 2.75) is 38.6 Å². The summed E-state index contributed by atoms with van der Waals surface area (Å²) in [5.74, 6) is -0.0792. The fourth-order valence-corrected chi connectivity index (χ4v) is 4.35. The van der Waals surface area contributed by atoms with E-state index < -0.39 is 5.97 Å². The van der Waals surface area contributed by atoms with Gasteiger partial charge in [0, 0.05) is 11.4 Å². The predicted molar refractivity (Wildman–Crippen MR) is 101 cm³/mol. The minimum absolute atomic E-state index is 0.0708. The average Bonchev–Trinajstić information content (AvgIpc) is 2.95. The Balaban J connectivity index is 1.69. The zero-order chi connectivity index (χ0) is 18.5. The van der Waals surface area contributed by atoms with Crippen molar-refractivity contribution in [1.82, 2.24) is 5.32 Å². The van der Waals surface area contributed by atoms with Crippen molar-refractivity contribution in [1.29, 1.82) is 0 Å². The number of aryl methyl sites for hydroxylation is 2. The first kappa shape index (κ1) is 18.5. The highest BCUT2D eigenvalue weighted by Gasteiger charge is 2.17. The third-order valence-corrected chi connectivity index (χ3v) is 5.83. The number of rotatable bonds is 5. The largest absolute Gasteiger partial charge is 0.496 e. The Morgan fingerprint density at radius 2 is 1.92 bits per heavy atom. The highest BCUT2D eigenvalue weighted by molar-refractivity contribution is 7.14. The van der Waals surface area contributed by atoms with E-state index >= 15 is 0 Å². The van der Waals surface area contributed by atoms with Gasteiger partial charge in [-0.05, 0) is 55.0 Å². The summed E-state index contributed by atoms with van der Waals surface area (Å²) in [6.07, 6.45) is 5.82. The monoisotopic (exact) mass is 373 g/mol. The number of esters is 1. The smallest absolute Gasteiger partial charge is 0.341 e. The van der Waals surface area contributed by atoms with Gasteiger partial charge in [0.15, 0.2) is 0 Å². The summed E-state index contributed by atoms with van der Waals surface area (Å²) in [7, 11) is 2.83. The lowest BCUT2D eigenvalue weighted by atomic mass is 10.1. The van der Waals surface area contributed by atoms with Crippen LogP contribution >= 0.6 is 11.3 Å². The molecule has 0 radical (unpaired) electrons. The van der Waals surface area contributed by atoms with Crippen LogP contribution in [0.3, 0.4) is 0 Å². The first-order chi connectivity index (χ1) is 12.6. The van der Waals surface area contributed by atoms with Gasteiger partial charge in [-0.3, -0.25) is 4.79 Å². The van der Waals surface area contributed by atoms with Gasteiger partial charge in [-0.2, -0.15) is 0 Å². The summed E-state index contributed by atoms with van der Waals surface area (Å²) in [4.78, 5) is 26.5. The van der Waals surface area contributed by atoms with Crippen LogP contribution in [0.5, 0.6) is 5.75 Å². The summed E-state index contributed by atoms with van der Waals surface area (Å²) in [5, 5.41) is 2.94. The lowest BCUT2D eigenvalue weighted by Gasteiger charge is -2.10. The van der Waals surface area contributed by atoms with E-state index in [2.05, 4.69) is 5.32 Å². The number of hydrogen-bond acceptors (Lipinski definition) is 5. The molecule has 2 aromatic rings. The van der Waals surface area contributed by atoms with E-state index in [4.69, 9.17) is 9.47 Å². The second-order valence-electron chi connectivity index (χ2n) is 6.33. The van der Waals surface area contributed by atoms with Crippen molar-refractivity contribution in [3.05, 3.63) is 50.7 Å². The molecule has 1 aromatic carbocycles.